The quantitative estimate of drug-likeness (QED) is 0.596. The zero-order chi connectivity index (χ0) is 18.9. The first-order valence-electron chi connectivity index (χ1n) is 10.1. The first-order chi connectivity index (χ1) is 12.2. The monoisotopic (exact) mass is 364 g/mol. The second-order valence-electron chi connectivity index (χ2n) is 9.74. The van der Waals surface area contributed by atoms with Gasteiger partial charge in [0.15, 0.2) is 5.78 Å². The fourth-order valence-corrected chi connectivity index (χ4v) is 7.42. The third-order valence-corrected chi connectivity index (χ3v) is 8.84. The first kappa shape index (κ1) is 18.6. The normalized spacial score (nSPS) is 51.9. The standard InChI is InChI=1S/C21H32O5/c1-19-7-5-13(23)9-12(19)3-4-14-15-6-8-21(26,17(25)11-22)20(15,2)10-16(24)18(14)19/h9,14-18,22,24-26H,3-8,10-11H2,1-2H3/t14-,15-,16-,17-,18?,19-,20-,21-/m0/s1. The molecule has 4 rings (SSSR count). The van der Waals surface area contributed by atoms with E-state index in [1.54, 1.807) is 0 Å². The van der Waals surface area contributed by atoms with Gasteiger partial charge in [-0.05, 0) is 67.8 Å². The molecule has 5 nitrogen and oxygen atoms in total. The van der Waals surface area contributed by atoms with E-state index >= 15 is 0 Å². The van der Waals surface area contributed by atoms with Gasteiger partial charge in [0.25, 0.3) is 0 Å². The number of hydrogen-bond acceptors (Lipinski definition) is 5. The molecule has 0 heterocycles. The molecule has 0 bridgehead atoms. The lowest BCUT2D eigenvalue weighted by molar-refractivity contribution is -0.207. The van der Waals surface area contributed by atoms with Crippen LogP contribution in [0, 0.1) is 28.6 Å². The van der Waals surface area contributed by atoms with Gasteiger partial charge in [0, 0.05) is 11.8 Å². The minimum atomic E-state index is -1.35. The molecule has 8 atom stereocenters. The van der Waals surface area contributed by atoms with Crippen LogP contribution in [0.15, 0.2) is 11.6 Å². The minimum Gasteiger partial charge on any atom is -0.394 e. The molecule has 26 heavy (non-hydrogen) atoms. The summed E-state index contributed by atoms with van der Waals surface area (Å²) >= 11 is 0. The largest absolute Gasteiger partial charge is 0.394 e. The van der Waals surface area contributed by atoms with Crippen molar-refractivity contribution in [3.05, 3.63) is 11.6 Å². The van der Waals surface area contributed by atoms with Gasteiger partial charge in [-0.25, -0.2) is 0 Å². The Morgan fingerprint density at radius 1 is 1.23 bits per heavy atom. The Hall–Kier alpha value is -0.750. The predicted octanol–water partition coefficient (Wildman–Crippen LogP) is 1.57. The van der Waals surface area contributed by atoms with Gasteiger partial charge in [0.1, 0.15) is 6.10 Å². The Kier molecular flexibility index (Phi) is 4.20. The molecule has 146 valence electrons. The minimum absolute atomic E-state index is 0.0993. The van der Waals surface area contributed by atoms with E-state index in [1.807, 2.05) is 13.0 Å². The summed E-state index contributed by atoms with van der Waals surface area (Å²) in [5.74, 6) is 0.798. The molecule has 0 saturated heterocycles. The van der Waals surface area contributed by atoms with Crippen LogP contribution in [0.2, 0.25) is 0 Å². The smallest absolute Gasteiger partial charge is 0.155 e. The SMILES string of the molecule is C[C@]12CCC(=O)C=C1CC[C@@H]1C2[C@@H](O)C[C@@]2(C)[C@H]1CC[C@]2(O)[C@@H](O)CO. The number of fused-ring (bicyclic) bond motifs is 5. The second kappa shape index (κ2) is 5.87. The number of carbonyl (C=O) groups excluding carboxylic acids is 1. The summed E-state index contributed by atoms with van der Waals surface area (Å²) in [6.07, 6.45) is 4.92. The van der Waals surface area contributed by atoms with Crippen LogP contribution in [-0.4, -0.2) is 50.6 Å². The summed E-state index contributed by atoms with van der Waals surface area (Å²) in [6.45, 7) is 3.73. The number of hydrogen-bond donors (Lipinski definition) is 4. The molecule has 0 aromatic heterocycles. The summed E-state index contributed by atoms with van der Waals surface area (Å²) < 4.78 is 0. The molecule has 0 aromatic carbocycles. The predicted molar refractivity (Wildman–Crippen MR) is 96.1 cm³/mol. The number of aliphatic hydroxyl groups is 4. The van der Waals surface area contributed by atoms with Crippen molar-refractivity contribution in [2.45, 2.75) is 76.6 Å². The molecule has 0 spiro atoms. The van der Waals surface area contributed by atoms with Gasteiger partial charge in [-0.15, -0.1) is 0 Å². The Morgan fingerprint density at radius 3 is 2.65 bits per heavy atom. The summed E-state index contributed by atoms with van der Waals surface area (Å²) in [7, 11) is 0. The Bertz CT molecular complexity index is 644. The summed E-state index contributed by atoms with van der Waals surface area (Å²) in [5, 5.41) is 42.3. The van der Waals surface area contributed by atoms with E-state index in [-0.39, 0.29) is 29.0 Å². The van der Waals surface area contributed by atoms with Crippen LogP contribution in [0.4, 0.5) is 0 Å². The van der Waals surface area contributed by atoms with Crippen LogP contribution < -0.4 is 0 Å². The van der Waals surface area contributed by atoms with Crippen LogP contribution in [-0.2, 0) is 4.79 Å². The maximum absolute atomic E-state index is 11.9. The van der Waals surface area contributed by atoms with E-state index in [2.05, 4.69) is 6.92 Å². The van der Waals surface area contributed by atoms with Crippen LogP contribution >= 0.6 is 0 Å². The Morgan fingerprint density at radius 2 is 1.96 bits per heavy atom. The van der Waals surface area contributed by atoms with Crippen molar-refractivity contribution >= 4 is 5.78 Å². The molecule has 3 saturated carbocycles. The molecule has 3 fully saturated rings. The number of allylic oxidation sites excluding steroid dienone is 1. The average molecular weight is 364 g/mol. The molecule has 4 aliphatic carbocycles. The average Bonchev–Trinajstić information content (AvgIpc) is 2.86. The number of carbonyl (C=O) groups is 1. The van der Waals surface area contributed by atoms with Crippen LogP contribution in [0.25, 0.3) is 0 Å². The molecule has 0 amide bonds. The van der Waals surface area contributed by atoms with Gasteiger partial charge < -0.3 is 20.4 Å². The summed E-state index contributed by atoms with van der Waals surface area (Å²) in [5.41, 5.74) is -0.898. The zero-order valence-corrected chi connectivity index (χ0v) is 15.8. The molecule has 4 N–H and O–H groups in total. The Labute approximate surface area is 155 Å². The van der Waals surface area contributed by atoms with Crippen molar-refractivity contribution < 1.29 is 25.2 Å². The van der Waals surface area contributed by atoms with Gasteiger partial charge in [-0.2, -0.15) is 0 Å². The maximum atomic E-state index is 11.9. The molecule has 5 heteroatoms. The highest BCUT2D eigenvalue weighted by Crippen LogP contribution is 2.67. The maximum Gasteiger partial charge on any atom is 0.155 e. The van der Waals surface area contributed by atoms with E-state index in [0.717, 1.165) is 25.7 Å². The first-order valence-corrected chi connectivity index (χ1v) is 10.1. The lowest BCUT2D eigenvalue weighted by Gasteiger charge is -2.61. The van der Waals surface area contributed by atoms with Crippen molar-refractivity contribution in [2.75, 3.05) is 6.61 Å². The lowest BCUT2D eigenvalue weighted by Crippen LogP contribution is -2.63. The van der Waals surface area contributed by atoms with Gasteiger partial charge in [0.05, 0.1) is 18.3 Å². The van der Waals surface area contributed by atoms with Gasteiger partial charge in [0.2, 0.25) is 0 Å². The highest BCUT2D eigenvalue weighted by atomic mass is 16.4. The fraction of sp³-hybridized carbons (Fsp3) is 0.857. The molecule has 4 aliphatic rings. The van der Waals surface area contributed by atoms with Crippen molar-refractivity contribution in [1.82, 2.24) is 0 Å². The number of aliphatic hydroxyl groups excluding tert-OH is 3. The topological polar surface area (TPSA) is 98.0 Å². The Balaban J connectivity index is 1.72. The van der Waals surface area contributed by atoms with Crippen LogP contribution in [0.1, 0.15) is 58.8 Å². The van der Waals surface area contributed by atoms with Gasteiger partial charge >= 0.3 is 0 Å². The summed E-state index contributed by atoms with van der Waals surface area (Å²) in [6, 6.07) is 0. The van der Waals surface area contributed by atoms with Crippen LogP contribution in [0.3, 0.4) is 0 Å². The molecule has 0 aliphatic heterocycles. The van der Waals surface area contributed by atoms with Crippen molar-refractivity contribution in [2.24, 2.45) is 28.6 Å². The number of ketones is 1. The molecular weight excluding hydrogens is 332 g/mol. The molecule has 0 aromatic rings. The van der Waals surface area contributed by atoms with E-state index < -0.39 is 29.8 Å². The fourth-order valence-electron chi connectivity index (χ4n) is 7.42. The van der Waals surface area contributed by atoms with Crippen molar-refractivity contribution in [3.63, 3.8) is 0 Å². The van der Waals surface area contributed by atoms with Gasteiger partial charge in [-0.3, -0.25) is 4.79 Å². The highest BCUT2D eigenvalue weighted by molar-refractivity contribution is 5.91. The third kappa shape index (κ3) is 2.20. The molecule has 1 unspecified atom stereocenters. The highest BCUT2D eigenvalue weighted by Gasteiger charge is 2.67. The number of rotatable bonds is 2. The summed E-state index contributed by atoms with van der Waals surface area (Å²) in [4.78, 5) is 11.9. The molecular formula is C21H32O5. The third-order valence-electron chi connectivity index (χ3n) is 8.84. The van der Waals surface area contributed by atoms with Gasteiger partial charge in [-0.1, -0.05) is 19.4 Å². The second-order valence-corrected chi connectivity index (χ2v) is 9.74. The lowest BCUT2D eigenvalue weighted by atomic mass is 9.45. The van der Waals surface area contributed by atoms with Crippen LogP contribution in [0.5, 0.6) is 0 Å². The van der Waals surface area contributed by atoms with E-state index in [0.29, 0.717) is 19.3 Å². The van der Waals surface area contributed by atoms with E-state index in [4.69, 9.17) is 0 Å². The zero-order valence-electron chi connectivity index (χ0n) is 15.8. The van der Waals surface area contributed by atoms with Crippen molar-refractivity contribution in [3.8, 4) is 0 Å². The molecule has 0 radical (unpaired) electrons. The van der Waals surface area contributed by atoms with E-state index in [9.17, 15) is 25.2 Å². The van der Waals surface area contributed by atoms with E-state index in [1.165, 1.54) is 5.57 Å². The van der Waals surface area contributed by atoms with Crippen molar-refractivity contribution in [1.29, 1.82) is 0 Å².